The third-order valence-corrected chi connectivity index (χ3v) is 9.29. The van der Waals surface area contributed by atoms with Crippen LogP contribution in [0.2, 0.25) is 0 Å². The van der Waals surface area contributed by atoms with Gasteiger partial charge in [-0.2, -0.15) is 0 Å². The number of aliphatic hydroxyl groups excluding tert-OH is 1. The van der Waals surface area contributed by atoms with Gasteiger partial charge >= 0.3 is 0 Å². The van der Waals surface area contributed by atoms with Gasteiger partial charge in [0.1, 0.15) is 6.61 Å². The summed E-state index contributed by atoms with van der Waals surface area (Å²) in [6, 6.07) is 0. The predicted octanol–water partition coefficient (Wildman–Crippen LogP) is 3.39. The average Bonchev–Trinajstić information content (AvgIpc) is 2.93. The van der Waals surface area contributed by atoms with Crippen LogP contribution in [0.25, 0.3) is 0 Å². The first kappa shape index (κ1) is 20.4. The van der Waals surface area contributed by atoms with E-state index < -0.39 is 5.60 Å². The van der Waals surface area contributed by atoms with Crippen molar-refractivity contribution in [3.05, 3.63) is 11.6 Å². The molecule has 0 heterocycles. The molecular weight excluding hydrogens is 352 g/mol. The fraction of sp³-hybridized carbons (Fsp3) is 0.870. The minimum atomic E-state index is -0.613. The maximum atomic E-state index is 12.1. The summed E-state index contributed by atoms with van der Waals surface area (Å²) in [5, 5.41) is 26.2. The molecule has 0 aromatic rings. The van der Waals surface area contributed by atoms with E-state index in [0.717, 1.165) is 51.4 Å². The summed E-state index contributed by atoms with van der Waals surface area (Å²) in [5.74, 6) is 1.57. The maximum Gasteiger partial charge on any atom is 0.129 e. The van der Waals surface area contributed by atoms with Crippen molar-refractivity contribution >= 4 is 6.21 Å². The molecule has 0 unspecified atom stereocenters. The van der Waals surface area contributed by atoms with Crippen LogP contribution in [0.4, 0.5) is 0 Å². The molecule has 7 atom stereocenters. The van der Waals surface area contributed by atoms with Gasteiger partial charge in [-0.25, -0.2) is 0 Å². The van der Waals surface area contributed by atoms with Crippen molar-refractivity contribution in [3.8, 4) is 0 Å². The zero-order valence-electron chi connectivity index (χ0n) is 17.6. The normalized spacial score (nSPS) is 49.7. The van der Waals surface area contributed by atoms with Crippen LogP contribution in [0.1, 0.15) is 71.6 Å². The summed E-state index contributed by atoms with van der Waals surface area (Å²) in [6.07, 6.45) is 13.0. The highest BCUT2D eigenvalue weighted by Gasteiger charge is 2.65. The van der Waals surface area contributed by atoms with Crippen molar-refractivity contribution in [2.75, 3.05) is 13.2 Å². The number of nitrogens with zero attached hydrogens (tertiary/aromatic N) is 1. The van der Waals surface area contributed by atoms with E-state index in [0.29, 0.717) is 30.9 Å². The third-order valence-electron chi connectivity index (χ3n) is 9.29. The van der Waals surface area contributed by atoms with Gasteiger partial charge in [-0.15, -0.1) is 0 Å². The molecule has 4 aliphatic carbocycles. The van der Waals surface area contributed by atoms with Crippen molar-refractivity contribution < 1.29 is 15.1 Å². The molecule has 4 aliphatic rings. The number of hydrogen-bond acceptors (Lipinski definition) is 5. The summed E-state index contributed by atoms with van der Waals surface area (Å²) in [7, 11) is 0. The highest BCUT2D eigenvalue weighted by atomic mass is 16.6. The Labute approximate surface area is 169 Å². The molecule has 0 aromatic heterocycles. The number of aliphatic hydroxyl groups is 2. The molecule has 0 aromatic carbocycles. The minimum absolute atomic E-state index is 0.117. The highest BCUT2D eigenvalue weighted by molar-refractivity contribution is 5.72. The van der Waals surface area contributed by atoms with Gasteiger partial charge < -0.3 is 20.8 Å². The summed E-state index contributed by atoms with van der Waals surface area (Å²) >= 11 is 0. The van der Waals surface area contributed by atoms with Gasteiger partial charge in [0.05, 0.1) is 17.9 Å². The van der Waals surface area contributed by atoms with Crippen molar-refractivity contribution in [2.45, 2.75) is 83.3 Å². The Hall–Kier alpha value is -0.910. The molecule has 5 heteroatoms. The molecule has 0 aliphatic heterocycles. The van der Waals surface area contributed by atoms with E-state index in [1.807, 2.05) is 0 Å². The molecule has 158 valence electrons. The van der Waals surface area contributed by atoms with Crippen LogP contribution in [0.15, 0.2) is 16.8 Å². The van der Waals surface area contributed by atoms with Crippen molar-refractivity contribution in [1.82, 2.24) is 0 Å². The van der Waals surface area contributed by atoms with E-state index in [2.05, 4.69) is 25.1 Å². The fourth-order valence-electron chi connectivity index (χ4n) is 7.58. The molecule has 0 radical (unpaired) electrons. The first-order chi connectivity index (χ1) is 13.3. The Kier molecular flexibility index (Phi) is 5.39. The number of rotatable bonds is 4. The number of fused-ring (bicyclic) bond motifs is 5. The molecule has 28 heavy (non-hydrogen) atoms. The zero-order valence-corrected chi connectivity index (χ0v) is 17.6. The Morgan fingerprint density at radius 2 is 1.96 bits per heavy atom. The second-order valence-corrected chi connectivity index (χ2v) is 10.3. The monoisotopic (exact) mass is 390 g/mol. The molecule has 0 amide bonds. The lowest BCUT2D eigenvalue weighted by molar-refractivity contribution is -0.195. The van der Waals surface area contributed by atoms with Crippen molar-refractivity contribution in [3.63, 3.8) is 0 Å². The third kappa shape index (κ3) is 2.96. The van der Waals surface area contributed by atoms with Gasteiger partial charge in [0, 0.05) is 12.0 Å². The summed E-state index contributed by atoms with van der Waals surface area (Å²) in [4.78, 5) is 5.12. The van der Waals surface area contributed by atoms with Gasteiger partial charge in [-0.05, 0) is 87.0 Å². The van der Waals surface area contributed by atoms with E-state index in [9.17, 15) is 10.2 Å². The molecular formula is C23H38N2O3. The Balaban J connectivity index is 1.56. The topological polar surface area (TPSA) is 88.1 Å². The first-order valence-electron chi connectivity index (χ1n) is 11.3. The van der Waals surface area contributed by atoms with E-state index >= 15 is 0 Å². The van der Waals surface area contributed by atoms with Gasteiger partial charge in [0.2, 0.25) is 0 Å². The van der Waals surface area contributed by atoms with Gasteiger partial charge in [-0.1, -0.05) is 24.6 Å². The number of oxime groups is 1. The molecule has 4 N–H and O–H groups in total. The summed E-state index contributed by atoms with van der Waals surface area (Å²) in [5.41, 5.74) is 6.25. The SMILES string of the molecule is C[C@]12CC[C@H](O)C[C@H]1CC[C@@H]1[C@@H]2CC[C@]2(C)/C(=C/C=N\OCCN)CC[C@]12O. The Bertz CT molecular complexity index is 650. The second-order valence-electron chi connectivity index (χ2n) is 10.3. The maximum absolute atomic E-state index is 12.1. The molecule has 5 nitrogen and oxygen atoms in total. The predicted molar refractivity (Wildman–Crippen MR) is 111 cm³/mol. The van der Waals surface area contributed by atoms with Gasteiger partial charge in [-0.3, -0.25) is 0 Å². The van der Waals surface area contributed by atoms with Crippen molar-refractivity contribution in [2.24, 2.45) is 39.5 Å². The van der Waals surface area contributed by atoms with Crippen LogP contribution in [-0.4, -0.2) is 41.3 Å². The zero-order chi connectivity index (χ0) is 20.0. The second kappa shape index (κ2) is 7.41. The Morgan fingerprint density at radius 3 is 2.75 bits per heavy atom. The van der Waals surface area contributed by atoms with Crippen molar-refractivity contribution in [1.29, 1.82) is 0 Å². The van der Waals surface area contributed by atoms with Crippen LogP contribution < -0.4 is 5.73 Å². The minimum Gasteiger partial charge on any atom is -0.394 e. The summed E-state index contributed by atoms with van der Waals surface area (Å²) in [6.45, 7) is 5.62. The lowest BCUT2D eigenvalue weighted by Gasteiger charge is -2.63. The lowest BCUT2D eigenvalue weighted by Crippen LogP contribution is -2.61. The van der Waals surface area contributed by atoms with E-state index in [4.69, 9.17) is 10.6 Å². The fourth-order valence-corrected chi connectivity index (χ4v) is 7.58. The van der Waals surface area contributed by atoms with Crippen LogP contribution in [0, 0.1) is 28.6 Å². The lowest BCUT2D eigenvalue weighted by atomic mass is 9.43. The molecule has 4 saturated carbocycles. The van der Waals surface area contributed by atoms with Gasteiger partial charge in [0.25, 0.3) is 0 Å². The molecule has 0 saturated heterocycles. The van der Waals surface area contributed by atoms with Gasteiger partial charge in [0.15, 0.2) is 0 Å². The highest BCUT2D eigenvalue weighted by Crippen LogP contribution is 2.68. The average molecular weight is 391 g/mol. The molecule has 4 rings (SSSR count). The summed E-state index contributed by atoms with van der Waals surface area (Å²) < 4.78 is 0. The number of allylic oxidation sites excluding steroid dienone is 1. The van der Waals surface area contributed by atoms with Crippen LogP contribution in [0.5, 0.6) is 0 Å². The smallest absolute Gasteiger partial charge is 0.129 e. The van der Waals surface area contributed by atoms with Crippen LogP contribution in [-0.2, 0) is 4.84 Å². The van der Waals surface area contributed by atoms with E-state index in [1.54, 1.807) is 6.21 Å². The van der Waals surface area contributed by atoms with E-state index in [1.165, 1.54) is 12.0 Å². The molecule has 0 spiro atoms. The van der Waals surface area contributed by atoms with E-state index in [-0.39, 0.29) is 16.9 Å². The van der Waals surface area contributed by atoms with Crippen LogP contribution >= 0.6 is 0 Å². The Morgan fingerprint density at radius 1 is 1.14 bits per heavy atom. The largest absolute Gasteiger partial charge is 0.394 e. The molecule has 0 bridgehead atoms. The number of nitrogens with two attached hydrogens (primary N) is 1. The first-order valence-corrected chi connectivity index (χ1v) is 11.3. The van der Waals surface area contributed by atoms with Crippen LogP contribution in [0.3, 0.4) is 0 Å². The molecule has 4 fully saturated rings. The standard InChI is InChI=1S/C23H38N2O3/c1-21-9-6-18(26)15-17(21)3-4-20-19(21)7-10-22(2)16(5-11-23(20,22)27)8-13-25-28-14-12-24/h8,13,17-20,26-27H,3-7,9-12,14-15,24H2,1-2H3/b16-8+,25-13-/t17-,18+,19+,20-,21+,22-,23+/m1/s1. The quantitative estimate of drug-likeness (QED) is 0.390. The number of hydrogen-bond donors (Lipinski definition) is 3.